The summed E-state index contributed by atoms with van der Waals surface area (Å²) in [4.78, 5) is 9.63. The third kappa shape index (κ3) is 16.0. The van der Waals surface area contributed by atoms with E-state index in [-0.39, 0.29) is 0 Å². The Morgan fingerprint density at radius 3 is 0.880 bits per heavy atom. The Morgan fingerprint density at radius 1 is 0.440 bits per heavy atom. The summed E-state index contributed by atoms with van der Waals surface area (Å²) >= 11 is 0. The van der Waals surface area contributed by atoms with Gasteiger partial charge >= 0.3 is 7.82 Å². The molecule has 0 atom stereocenters. The zero-order valence-electron chi connectivity index (χ0n) is 16.3. The fraction of sp³-hybridized carbons (Fsp3) is 1.00. The van der Waals surface area contributed by atoms with E-state index in [1.807, 2.05) is 0 Å². The highest BCUT2D eigenvalue weighted by Gasteiger charge is 2.19. The van der Waals surface area contributed by atoms with Crippen LogP contribution in [-0.2, 0) is 13.6 Å². The summed E-state index contributed by atoms with van der Waals surface area (Å²) in [5, 5.41) is 0. The largest absolute Gasteiger partial charge is 0.472 e. The molecule has 1 heterocycles. The van der Waals surface area contributed by atoms with Crippen molar-refractivity contribution in [2.45, 2.75) is 116 Å². The van der Waals surface area contributed by atoms with Crippen molar-refractivity contribution < 1.29 is 18.5 Å². The zero-order chi connectivity index (χ0) is 18.1. The molecule has 1 fully saturated rings. The standard InChI is InChI=1S/C20H41O4P/c21-25(22)23-19-17-15-13-11-9-7-5-3-1-2-4-6-8-10-12-14-16-18-20-24-25/h1-20H2,(H,21,22). The molecule has 0 unspecified atom stereocenters. The van der Waals surface area contributed by atoms with E-state index in [0.717, 1.165) is 25.7 Å². The van der Waals surface area contributed by atoms with E-state index in [1.165, 1.54) is 89.9 Å². The van der Waals surface area contributed by atoms with Crippen LogP contribution in [0.25, 0.3) is 0 Å². The minimum atomic E-state index is -3.83. The Morgan fingerprint density at radius 2 is 0.640 bits per heavy atom. The molecule has 1 rings (SSSR count). The van der Waals surface area contributed by atoms with Gasteiger partial charge in [0.1, 0.15) is 0 Å². The van der Waals surface area contributed by atoms with Crippen molar-refractivity contribution in [1.82, 2.24) is 0 Å². The molecule has 0 radical (unpaired) electrons. The maximum atomic E-state index is 11.7. The van der Waals surface area contributed by atoms with Gasteiger partial charge in [0.2, 0.25) is 0 Å². The Labute approximate surface area is 155 Å². The summed E-state index contributed by atoms with van der Waals surface area (Å²) in [5.41, 5.74) is 0. The van der Waals surface area contributed by atoms with Crippen LogP contribution in [0.3, 0.4) is 0 Å². The number of phosphoric acid groups is 1. The quantitative estimate of drug-likeness (QED) is 0.456. The number of hydrogen-bond acceptors (Lipinski definition) is 3. The topological polar surface area (TPSA) is 55.8 Å². The van der Waals surface area contributed by atoms with Crippen molar-refractivity contribution in [3.05, 3.63) is 0 Å². The summed E-state index contributed by atoms with van der Waals surface area (Å²) in [7, 11) is -3.83. The summed E-state index contributed by atoms with van der Waals surface area (Å²) in [6.45, 7) is 0.654. The molecule has 0 amide bonds. The maximum Gasteiger partial charge on any atom is 0.472 e. The van der Waals surface area contributed by atoms with Crippen molar-refractivity contribution in [3.63, 3.8) is 0 Å². The van der Waals surface area contributed by atoms with Crippen molar-refractivity contribution >= 4 is 7.82 Å². The van der Waals surface area contributed by atoms with Crippen LogP contribution in [0, 0.1) is 0 Å². The third-order valence-corrected chi connectivity index (χ3v) is 6.07. The highest BCUT2D eigenvalue weighted by atomic mass is 31.2. The molecular formula is C20H41O4P. The zero-order valence-corrected chi connectivity index (χ0v) is 17.2. The molecule has 0 aromatic heterocycles. The molecule has 0 spiro atoms. The van der Waals surface area contributed by atoms with E-state index >= 15 is 0 Å². The highest BCUT2D eigenvalue weighted by Crippen LogP contribution is 2.43. The van der Waals surface area contributed by atoms with Gasteiger partial charge in [-0.05, 0) is 12.8 Å². The molecule has 25 heavy (non-hydrogen) atoms. The van der Waals surface area contributed by atoms with Crippen LogP contribution in [0.5, 0.6) is 0 Å². The third-order valence-electron chi connectivity index (χ3n) is 5.05. The van der Waals surface area contributed by atoms with Crippen LogP contribution >= 0.6 is 7.82 Å². The summed E-state index contributed by atoms with van der Waals surface area (Å²) in [5.74, 6) is 0. The second-order valence-electron chi connectivity index (χ2n) is 7.50. The van der Waals surface area contributed by atoms with Crippen LogP contribution in [0.15, 0.2) is 0 Å². The van der Waals surface area contributed by atoms with E-state index in [1.54, 1.807) is 0 Å². The van der Waals surface area contributed by atoms with Crippen LogP contribution in [0.2, 0.25) is 0 Å². The number of rotatable bonds is 0. The lowest BCUT2D eigenvalue weighted by molar-refractivity contribution is 0.145. The maximum absolute atomic E-state index is 11.7. The minimum absolute atomic E-state index is 0.327. The van der Waals surface area contributed by atoms with Gasteiger partial charge < -0.3 is 4.89 Å². The van der Waals surface area contributed by atoms with Gasteiger partial charge in [0.15, 0.2) is 0 Å². The molecule has 150 valence electrons. The monoisotopic (exact) mass is 376 g/mol. The second kappa shape index (κ2) is 16.3. The van der Waals surface area contributed by atoms with Gasteiger partial charge in [-0.1, -0.05) is 103 Å². The average molecular weight is 377 g/mol. The first-order valence-corrected chi connectivity index (χ1v) is 12.3. The molecule has 4 nitrogen and oxygen atoms in total. The Bertz CT molecular complexity index is 308. The molecular weight excluding hydrogens is 335 g/mol. The van der Waals surface area contributed by atoms with Crippen molar-refractivity contribution in [3.8, 4) is 0 Å². The van der Waals surface area contributed by atoms with Crippen LogP contribution in [-0.4, -0.2) is 18.1 Å². The van der Waals surface area contributed by atoms with Gasteiger partial charge in [0.25, 0.3) is 0 Å². The molecule has 0 bridgehead atoms. The summed E-state index contributed by atoms with van der Waals surface area (Å²) in [6.07, 6.45) is 22.5. The predicted octanol–water partition coefficient (Wildman–Crippen LogP) is 7.16. The molecule has 1 aliphatic rings. The second-order valence-corrected chi connectivity index (χ2v) is 8.95. The van der Waals surface area contributed by atoms with Crippen LogP contribution < -0.4 is 0 Å². The van der Waals surface area contributed by atoms with Crippen LogP contribution in [0.4, 0.5) is 0 Å². The number of hydrogen-bond donors (Lipinski definition) is 1. The lowest BCUT2D eigenvalue weighted by Gasteiger charge is -2.12. The van der Waals surface area contributed by atoms with Crippen molar-refractivity contribution in [2.24, 2.45) is 0 Å². The Hall–Kier alpha value is 0.110. The number of phosphoric ester groups is 1. The fourth-order valence-corrected chi connectivity index (χ4v) is 4.22. The molecule has 0 aromatic rings. The summed E-state index contributed by atoms with van der Waals surface area (Å²) < 4.78 is 21.8. The molecule has 0 saturated carbocycles. The van der Waals surface area contributed by atoms with Crippen LogP contribution in [0.1, 0.15) is 116 Å². The average Bonchev–Trinajstić information content (AvgIpc) is 2.58. The van der Waals surface area contributed by atoms with E-state index < -0.39 is 7.82 Å². The highest BCUT2D eigenvalue weighted by molar-refractivity contribution is 7.47. The van der Waals surface area contributed by atoms with Gasteiger partial charge in [-0.3, -0.25) is 9.05 Å². The molecule has 5 heteroatoms. The van der Waals surface area contributed by atoms with Gasteiger partial charge in [0.05, 0.1) is 13.2 Å². The summed E-state index contributed by atoms with van der Waals surface area (Å²) in [6, 6.07) is 0. The minimum Gasteiger partial charge on any atom is -0.302 e. The lowest BCUT2D eigenvalue weighted by Crippen LogP contribution is -1.99. The normalized spacial score (nSPS) is 25.2. The predicted molar refractivity (Wildman–Crippen MR) is 105 cm³/mol. The first kappa shape index (κ1) is 23.1. The van der Waals surface area contributed by atoms with Crippen molar-refractivity contribution in [1.29, 1.82) is 0 Å². The van der Waals surface area contributed by atoms with E-state index in [4.69, 9.17) is 9.05 Å². The lowest BCUT2D eigenvalue weighted by atomic mass is 10.0. The molecule has 1 N–H and O–H groups in total. The molecule has 1 saturated heterocycles. The van der Waals surface area contributed by atoms with Gasteiger partial charge in [-0.2, -0.15) is 0 Å². The van der Waals surface area contributed by atoms with E-state index in [0.29, 0.717) is 13.2 Å². The van der Waals surface area contributed by atoms with Crippen molar-refractivity contribution in [2.75, 3.05) is 13.2 Å². The fourth-order valence-electron chi connectivity index (χ4n) is 3.43. The Kier molecular flexibility index (Phi) is 15.1. The van der Waals surface area contributed by atoms with Gasteiger partial charge in [0, 0.05) is 0 Å². The molecule has 1 aliphatic heterocycles. The van der Waals surface area contributed by atoms with Gasteiger partial charge in [-0.15, -0.1) is 0 Å². The first-order valence-electron chi connectivity index (χ1n) is 10.8. The van der Waals surface area contributed by atoms with E-state index in [9.17, 15) is 9.46 Å². The first-order chi connectivity index (χ1) is 12.2. The van der Waals surface area contributed by atoms with Gasteiger partial charge in [-0.25, -0.2) is 4.57 Å². The Balaban J connectivity index is 2.16. The smallest absolute Gasteiger partial charge is 0.302 e. The molecule has 0 aromatic carbocycles. The molecule has 0 aliphatic carbocycles. The SMILES string of the molecule is O=P1(O)OCCCCCCCCCCCCCCCCCCCCO1. The van der Waals surface area contributed by atoms with E-state index in [2.05, 4.69) is 0 Å².